The van der Waals surface area contributed by atoms with E-state index in [-0.39, 0.29) is 0 Å². The lowest BCUT2D eigenvalue weighted by molar-refractivity contribution is 0.418. The van der Waals surface area contributed by atoms with E-state index in [1.165, 1.54) is 0 Å². The highest BCUT2D eigenvalue weighted by atomic mass is 16.5. The molecule has 21 heavy (non-hydrogen) atoms. The van der Waals surface area contributed by atoms with Crippen LogP contribution in [0, 0.1) is 0 Å². The molecule has 0 bridgehead atoms. The van der Waals surface area contributed by atoms with Crippen molar-refractivity contribution in [2.45, 2.75) is 13.0 Å². The number of rotatable bonds is 6. The second-order valence-corrected chi connectivity index (χ2v) is 4.84. The number of para-hydroxylation sites is 1. The molecule has 3 aromatic rings. The number of aromatic nitrogens is 1. The van der Waals surface area contributed by atoms with Gasteiger partial charge in [0.05, 0.1) is 19.1 Å². The maximum Gasteiger partial charge on any atom is 0.145 e. The van der Waals surface area contributed by atoms with Gasteiger partial charge in [-0.3, -0.25) is 0 Å². The van der Waals surface area contributed by atoms with Gasteiger partial charge in [-0.25, -0.2) is 4.98 Å². The van der Waals surface area contributed by atoms with E-state index in [1.54, 1.807) is 13.4 Å². The maximum atomic E-state index is 5.36. The molecule has 0 radical (unpaired) electrons. The number of nitrogens with one attached hydrogen (secondary N) is 1. The highest BCUT2D eigenvalue weighted by molar-refractivity contribution is 5.84. The molecular weight excluding hydrogens is 264 g/mol. The molecule has 0 amide bonds. The van der Waals surface area contributed by atoms with Gasteiger partial charge in [-0.2, -0.15) is 0 Å². The van der Waals surface area contributed by atoms with Gasteiger partial charge in [0.2, 0.25) is 0 Å². The number of ether oxygens (including phenoxy) is 1. The fourth-order valence-electron chi connectivity index (χ4n) is 2.31. The van der Waals surface area contributed by atoms with Crippen molar-refractivity contribution in [2.24, 2.45) is 0 Å². The number of benzene rings is 1. The van der Waals surface area contributed by atoms with Gasteiger partial charge in [0.25, 0.3) is 0 Å². The lowest BCUT2D eigenvalue weighted by Crippen LogP contribution is -2.17. The summed E-state index contributed by atoms with van der Waals surface area (Å²) in [6.45, 7) is 1.59. The van der Waals surface area contributed by atoms with Crippen LogP contribution in [0.3, 0.4) is 0 Å². The third kappa shape index (κ3) is 3.23. The number of furan rings is 1. The van der Waals surface area contributed by atoms with E-state index in [9.17, 15) is 0 Å². The normalized spacial score (nSPS) is 10.9. The molecule has 0 unspecified atom stereocenters. The summed E-state index contributed by atoms with van der Waals surface area (Å²) in [4.78, 5) is 4.67. The van der Waals surface area contributed by atoms with E-state index in [4.69, 9.17) is 9.15 Å². The molecule has 0 atom stereocenters. The molecule has 0 aliphatic carbocycles. The van der Waals surface area contributed by atoms with Gasteiger partial charge in [0, 0.05) is 24.9 Å². The van der Waals surface area contributed by atoms with Crippen LogP contribution in [0.5, 0.6) is 5.75 Å². The minimum absolute atomic E-state index is 0.731. The molecule has 4 nitrogen and oxygen atoms in total. The summed E-state index contributed by atoms with van der Waals surface area (Å²) in [6.07, 6.45) is 2.58. The molecule has 0 saturated heterocycles. The Labute approximate surface area is 123 Å². The lowest BCUT2D eigenvalue weighted by atomic mass is 10.2. The van der Waals surface area contributed by atoms with E-state index < -0.39 is 0 Å². The molecule has 0 fully saturated rings. The van der Waals surface area contributed by atoms with Crippen molar-refractivity contribution in [3.8, 4) is 5.75 Å². The zero-order valence-electron chi connectivity index (χ0n) is 12.0. The Morgan fingerprint density at radius 1 is 1.14 bits per heavy atom. The SMILES string of the molecule is COc1cccc2ccc(CNCCc3ccco3)nc12. The monoisotopic (exact) mass is 282 g/mol. The number of nitrogens with zero attached hydrogens (tertiary/aromatic N) is 1. The van der Waals surface area contributed by atoms with E-state index in [1.807, 2.05) is 36.4 Å². The molecule has 0 aliphatic rings. The van der Waals surface area contributed by atoms with Crippen LogP contribution in [0.1, 0.15) is 11.5 Å². The molecule has 4 heteroatoms. The summed E-state index contributed by atoms with van der Waals surface area (Å²) >= 11 is 0. The van der Waals surface area contributed by atoms with Crippen LogP contribution < -0.4 is 10.1 Å². The van der Waals surface area contributed by atoms with Gasteiger partial charge >= 0.3 is 0 Å². The van der Waals surface area contributed by atoms with Crippen LogP contribution in [0.4, 0.5) is 0 Å². The predicted octanol–water partition coefficient (Wildman–Crippen LogP) is 3.17. The molecule has 2 aromatic heterocycles. The second kappa shape index (κ2) is 6.41. The quantitative estimate of drug-likeness (QED) is 0.705. The Balaban J connectivity index is 1.64. The Bertz CT molecular complexity index is 708. The molecule has 0 saturated carbocycles. The van der Waals surface area contributed by atoms with Gasteiger partial charge in [0.15, 0.2) is 0 Å². The first-order valence-corrected chi connectivity index (χ1v) is 7.02. The van der Waals surface area contributed by atoms with E-state index in [2.05, 4.69) is 16.4 Å². The first-order valence-electron chi connectivity index (χ1n) is 7.02. The summed E-state index contributed by atoms with van der Waals surface area (Å²) in [5.74, 6) is 1.81. The maximum absolute atomic E-state index is 5.36. The molecule has 1 aromatic carbocycles. The summed E-state index contributed by atoms with van der Waals surface area (Å²) in [5.41, 5.74) is 1.91. The van der Waals surface area contributed by atoms with Crippen molar-refractivity contribution < 1.29 is 9.15 Å². The molecular formula is C17H18N2O2. The van der Waals surface area contributed by atoms with Gasteiger partial charge in [-0.05, 0) is 24.3 Å². The minimum Gasteiger partial charge on any atom is -0.494 e. The van der Waals surface area contributed by atoms with Crippen LogP contribution >= 0.6 is 0 Å². The zero-order chi connectivity index (χ0) is 14.5. The fraction of sp³-hybridized carbons (Fsp3) is 0.235. The largest absolute Gasteiger partial charge is 0.494 e. The Morgan fingerprint density at radius 3 is 2.90 bits per heavy atom. The summed E-state index contributed by atoms with van der Waals surface area (Å²) < 4.78 is 10.7. The Morgan fingerprint density at radius 2 is 2.10 bits per heavy atom. The standard InChI is InChI=1S/C17H18N2O2/c1-20-16-6-2-4-13-7-8-14(19-17(13)16)12-18-10-9-15-5-3-11-21-15/h2-8,11,18H,9-10,12H2,1H3. The number of methoxy groups -OCH3 is 1. The molecule has 2 heterocycles. The van der Waals surface area contributed by atoms with E-state index in [0.29, 0.717) is 0 Å². The van der Waals surface area contributed by atoms with Crippen molar-refractivity contribution in [1.82, 2.24) is 10.3 Å². The van der Waals surface area contributed by atoms with Gasteiger partial charge in [0.1, 0.15) is 17.0 Å². The number of pyridine rings is 1. The van der Waals surface area contributed by atoms with E-state index >= 15 is 0 Å². The second-order valence-electron chi connectivity index (χ2n) is 4.84. The molecule has 108 valence electrons. The third-order valence-electron chi connectivity index (χ3n) is 3.40. The van der Waals surface area contributed by atoms with Crippen LogP contribution in [-0.4, -0.2) is 18.6 Å². The van der Waals surface area contributed by atoms with Crippen molar-refractivity contribution >= 4 is 10.9 Å². The summed E-state index contributed by atoms with van der Waals surface area (Å²) in [7, 11) is 1.67. The van der Waals surface area contributed by atoms with Crippen LogP contribution in [0.15, 0.2) is 53.1 Å². The van der Waals surface area contributed by atoms with Gasteiger partial charge in [-0.1, -0.05) is 18.2 Å². The van der Waals surface area contributed by atoms with Crippen LogP contribution in [0.25, 0.3) is 10.9 Å². The number of fused-ring (bicyclic) bond motifs is 1. The molecule has 3 rings (SSSR count). The van der Waals surface area contributed by atoms with Gasteiger partial charge in [-0.15, -0.1) is 0 Å². The highest BCUT2D eigenvalue weighted by Crippen LogP contribution is 2.23. The number of hydrogen-bond donors (Lipinski definition) is 1. The third-order valence-corrected chi connectivity index (χ3v) is 3.40. The topological polar surface area (TPSA) is 47.3 Å². The predicted molar refractivity (Wildman–Crippen MR) is 82.4 cm³/mol. The average Bonchev–Trinajstić information content (AvgIpc) is 3.04. The smallest absolute Gasteiger partial charge is 0.145 e. The van der Waals surface area contributed by atoms with Gasteiger partial charge < -0.3 is 14.5 Å². The van der Waals surface area contributed by atoms with E-state index in [0.717, 1.165) is 47.6 Å². The highest BCUT2D eigenvalue weighted by Gasteiger charge is 2.04. The first kappa shape index (κ1) is 13.6. The van der Waals surface area contributed by atoms with Crippen LogP contribution in [-0.2, 0) is 13.0 Å². The lowest BCUT2D eigenvalue weighted by Gasteiger charge is -2.07. The van der Waals surface area contributed by atoms with Crippen molar-refractivity contribution in [1.29, 1.82) is 0 Å². The zero-order valence-corrected chi connectivity index (χ0v) is 12.0. The molecule has 0 spiro atoms. The van der Waals surface area contributed by atoms with Crippen LogP contribution in [0.2, 0.25) is 0 Å². The van der Waals surface area contributed by atoms with Crippen molar-refractivity contribution in [3.63, 3.8) is 0 Å². The fourth-order valence-corrected chi connectivity index (χ4v) is 2.31. The minimum atomic E-state index is 0.731. The average molecular weight is 282 g/mol. The molecule has 1 N–H and O–H groups in total. The molecule has 0 aliphatic heterocycles. The van der Waals surface area contributed by atoms with Crippen molar-refractivity contribution in [3.05, 3.63) is 60.2 Å². The number of hydrogen-bond acceptors (Lipinski definition) is 4. The van der Waals surface area contributed by atoms with Crippen molar-refractivity contribution in [2.75, 3.05) is 13.7 Å². The first-order chi connectivity index (χ1) is 10.4. The summed E-state index contributed by atoms with van der Waals surface area (Å²) in [6, 6.07) is 14.0. The Kier molecular flexibility index (Phi) is 4.17. The summed E-state index contributed by atoms with van der Waals surface area (Å²) in [5, 5.41) is 4.47. The Hall–Kier alpha value is -2.33.